The highest BCUT2D eigenvalue weighted by Crippen LogP contribution is 2.32. The molecular formula is C36H32ClN3. The lowest BCUT2D eigenvalue weighted by atomic mass is 9.97. The van der Waals surface area contributed by atoms with Gasteiger partial charge in [-0.25, -0.2) is 15.0 Å². The molecule has 0 aliphatic rings. The maximum atomic E-state index is 6.61. The topological polar surface area (TPSA) is 37.6 Å². The first-order valence-electron chi connectivity index (χ1n) is 13.5. The number of aromatic nitrogens is 1. The molecule has 0 saturated carbocycles. The van der Waals surface area contributed by atoms with E-state index in [2.05, 4.69) is 51.1 Å². The Morgan fingerprint density at radius 1 is 0.575 bits per heavy atom. The van der Waals surface area contributed by atoms with Crippen molar-refractivity contribution < 1.29 is 0 Å². The normalized spacial score (nSPS) is 12.2. The number of hydrogen-bond acceptors (Lipinski definition) is 3. The number of benzene rings is 4. The minimum atomic E-state index is 0.339. The smallest absolute Gasteiger partial charge is 0.0966 e. The Hall–Kier alpha value is -4.34. The Morgan fingerprint density at radius 2 is 1.05 bits per heavy atom. The molecule has 0 amide bonds. The number of para-hydroxylation sites is 2. The average Bonchev–Trinajstić information content (AvgIpc) is 2.97. The van der Waals surface area contributed by atoms with Crippen LogP contribution >= 0.6 is 11.6 Å². The number of aliphatic imine (C=N–C) groups is 2. The molecule has 4 aromatic carbocycles. The van der Waals surface area contributed by atoms with Gasteiger partial charge in [0.15, 0.2) is 0 Å². The molecule has 0 bridgehead atoms. The van der Waals surface area contributed by atoms with Crippen molar-refractivity contribution in [3.63, 3.8) is 0 Å². The molecule has 5 rings (SSSR count). The van der Waals surface area contributed by atoms with Gasteiger partial charge in [-0.1, -0.05) is 123 Å². The summed E-state index contributed by atoms with van der Waals surface area (Å²) in [5.74, 6) is 0.339. The standard InChI is InChI=1S/C36H32ClN3/c1-24(2)29-20-11-14-25(3)33(29)39-35(27-16-7-5-8-17-27)31-22-13-23-32(38-31)36(28-18-9-6-10-19-28)40-34-26(4)15-12-21-30(34)37/h5-24H,1-4H3. The first kappa shape index (κ1) is 27.2. The van der Waals surface area contributed by atoms with Gasteiger partial charge in [-0.05, 0) is 54.7 Å². The zero-order chi connectivity index (χ0) is 28.1. The van der Waals surface area contributed by atoms with E-state index in [0.29, 0.717) is 10.9 Å². The summed E-state index contributed by atoms with van der Waals surface area (Å²) in [6.07, 6.45) is 0. The van der Waals surface area contributed by atoms with Crippen LogP contribution in [-0.4, -0.2) is 16.4 Å². The van der Waals surface area contributed by atoms with Gasteiger partial charge in [0.05, 0.1) is 39.2 Å². The summed E-state index contributed by atoms with van der Waals surface area (Å²) in [7, 11) is 0. The molecule has 3 nitrogen and oxygen atoms in total. The van der Waals surface area contributed by atoms with Crippen LogP contribution in [0.3, 0.4) is 0 Å². The molecule has 0 fully saturated rings. The highest BCUT2D eigenvalue weighted by atomic mass is 35.5. The second kappa shape index (κ2) is 12.2. The zero-order valence-electron chi connectivity index (χ0n) is 23.3. The van der Waals surface area contributed by atoms with Gasteiger partial charge in [0.2, 0.25) is 0 Å². The molecular weight excluding hydrogens is 510 g/mol. The third-order valence-electron chi connectivity index (χ3n) is 6.86. The van der Waals surface area contributed by atoms with Crippen LogP contribution in [0, 0.1) is 13.8 Å². The minimum absolute atomic E-state index is 0.339. The Kier molecular flexibility index (Phi) is 8.33. The molecule has 0 aliphatic heterocycles. The highest BCUT2D eigenvalue weighted by Gasteiger charge is 2.17. The SMILES string of the molecule is Cc1cccc(Cl)c1N=C(c1ccccc1)c1cccc(C(=Nc2c(C)cccc2C(C)C)c2ccccc2)n1. The fourth-order valence-electron chi connectivity index (χ4n) is 4.72. The van der Waals surface area contributed by atoms with Crippen LogP contribution in [0.5, 0.6) is 0 Å². The highest BCUT2D eigenvalue weighted by molar-refractivity contribution is 6.33. The van der Waals surface area contributed by atoms with Crippen LogP contribution < -0.4 is 0 Å². The molecule has 0 atom stereocenters. The Labute approximate surface area is 242 Å². The molecule has 0 unspecified atom stereocenters. The van der Waals surface area contributed by atoms with E-state index in [1.165, 1.54) is 5.56 Å². The van der Waals surface area contributed by atoms with Crippen LogP contribution in [0.4, 0.5) is 11.4 Å². The first-order chi connectivity index (χ1) is 19.4. The minimum Gasteiger partial charge on any atom is -0.246 e. The third kappa shape index (κ3) is 5.95. The van der Waals surface area contributed by atoms with Crippen molar-refractivity contribution in [2.75, 3.05) is 0 Å². The molecule has 5 aromatic rings. The van der Waals surface area contributed by atoms with Crippen LogP contribution in [0.2, 0.25) is 5.02 Å². The fourth-order valence-corrected chi connectivity index (χ4v) is 4.98. The zero-order valence-corrected chi connectivity index (χ0v) is 24.0. The summed E-state index contributed by atoms with van der Waals surface area (Å²) in [6, 6.07) is 38.6. The number of halogens is 1. The van der Waals surface area contributed by atoms with E-state index in [4.69, 9.17) is 26.6 Å². The van der Waals surface area contributed by atoms with Crippen molar-refractivity contribution in [1.29, 1.82) is 0 Å². The number of pyridine rings is 1. The molecule has 198 valence electrons. The van der Waals surface area contributed by atoms with Gasteiger partial charge in [-0.2, -0.15) is 0 Å². The van der Waals surface area contributed by atoms with E-state index in [0.717, 1.165) is 56.4 Å². The van der Waals surface area contributed by atoms with Gasteiger partial charge in [0.25, 0.3) is 0 Å². The summed E-state index contributed by atoms with van der Waals surface area (Å²) in [6.45, 7) is 8.54. The van der Waals surface area contributed by atoms with Crippen LogP contribution in [0.15, 0.2) is 125 Å². The summed E-state index contributed by atoms with van der Waals surface area (Å²) >= 11 is 6.61. The molecule has 0 N–H and O–H groups in total. The predicted molar refractivity (Wildman–Crippen MR) is 169 cm³/mol. The number of aryl methyl sites for hydroxylation is 2. The lowest BCUT2D eigenvalue weighted by Gasteiger charge is -2.15. The van der Waals surface area contributed by atoms with E-state index < -0.39 is 0 Å². The van der Waals surface area contributed by atoms with Crippen LogP contribution in [0.1, 0.15) is 59.0 Å². The van der Waals surface area contributed by atoms with E-state index in [1.807, 2.05) is 91.9 Å². The largest absolute Gasteiger partial charge is 0.246 e. The number of nitrogens with zero attached hydrogens (tertiary/aromatic N) is 3. The fraction of sp³-hybridized carbons (Fsp3) is 0.139. The van der Waals surface area contributed by atoms with Crippen LogP contribution in [-0.2, 0) is 0 Å². The summed E-state index contributed by atoms with van der Waals surface area (Å²) < 4.78 is 0. The Balaban J connectivity index is 1.73. The van der Waals surface area contributed by atoms with Crippen molar-refractivity contribution >= 4 is 34.4 Å². The molecule has 0 aliphatic carbocycles. The molecule has 0 spiro atoms. The van der Waals surface area contributed by atoms with Gasteiger partial charge in [0.1, 0.15) is 0 Å². The predicted octanol–water partition coefficient (Wildman–Crippen LogP) is 9.81. The maximum Gasteiger partial charge on any atom is 0.0966 e. The average molecular weight is 542 g/mol. The van der Waals surface area contributed by atoms with Crippen molar-refractivity contribution in [3.05, 3.63) is 159 Å². The van der Waals surface area contributed by atoms with Gasteiger partial charge in [-0.3, -0.25) is 0 Å². The molecule has 1 aromatic heterocycles. The molecule has 4 heteroatoms. The number of rotatable bonds is 7. The van der Waals surface area contributed by atoms with Gasteiger partial charge >= 0.3 is 0 Å². The lowest BCUT2D eigenvalue weighted by molar-refractivity contribution is 0.865. The second-order valence-electron chi connectivity index (χ2n) is 10.1. The van der Waals surface area contributed by atoms with E-state index in [9.17, 15) is 0 Å². The Morgan fingerprint density at radius 3 is 1.57 bits per heavy atom. The maximum absolute atomic E-state index is 6.61. The molecule has 40 heavy (non-hydrogen) atoms. The first-order valence-corrected chi connectivity index (χ1v) is 13.9. The monoisotopic (exact) mass is 541 g/mol. The van der Waals surface area contributed by atoms with Gasteiger partial charge < -0.3 is 0 Å². The van der Waals surface area contributed by atoms with Gasteiger partial charge in [-0.15, -0.1) is 0 Å². The van der Waals surface area contributed by atoms with E-state index >= 15 is 0 Å². The van der Waals surface area contributed by atoms with Crippen molar-refractivity contribution in [2.24, 2.45) is 9.98 Å². The molecule has 1 heterocycles. The lowest BCUT2D eigenvalue weighted by Crippen LogP contribution is -2.12. The summed E-state index contributed by atoms with van der Waals surface area (Å²) in [4.78, 5) is 15.6. The Bertz CT molecular complexity index is 1670. The van der Waals surface area contributed by atoms with Crippen LogP contribution in [0.25, 0.3) is 0 Å². The number of hydrogen-bond donors (Lipinski definition) is 0. The second-order valence-corrected chi connectivity index (χ2v) is 10.5. The van der Waals surface area contributed by atoms with Gasteiger partial charge in [0, 0.05) is 11.1 Å². The molecule has 0 saturated heterocycles. The van der Waals surface area contributed by atoms with E-state index in [-0.39, 0.29) is 0 Å². The quantitative estimate of drug-likeness (QED) is 0.189. The van der Waals surface area contributed by atoms with Crippen molar-refractivity contribution in [1.82, 2.24) is 4.98 Å². The van der Waals surface area contributed by atoms with Crippen molar-refractivity contribution in [3.8, 4) is 0 Å². The van der Waals surface area contributed by atoms with Crippen molar-refractivity contribution in [2.45, 2.75) is 33.6 Å². The third-order valence-corrected chi connectivity index (χ3v) is 7.16. The summed E-state index contributed by atoms with van der Waals surface area (Å²) in [5.41, 5.74) is 10.2. The summed E-state index contributed by atoms with van der Waals surface area (Å²) in [5, 5.41) is 0.608. The molecule has 0 radical (unpaired) electrons. The van der Waals surface area contributed by atoms with E-state index in [1.54, 1.807) is 0 Å².